The van der Waals surface area contributed by atoms with Gasteiger partial charge in [0.25, 0.3) is 0 Å². The van der Waals surface area contributed by atoms with Crippen LogP contribution in [-0.4, -0.2) is 16.8 Å². The van der Waals surface area contributed by atoms with Crippen molar-refractivity contribution in [3.63, 3.8) is 0 Å². The number of hydrogen-bond acceptors (Lipinski definition) is 5. The molecule has 1 aromatic heterocycles. The molecule has 2 atom stereocenters. The van der Waals surface area contributed by atoms with E-state index in [-0.39, 0.29) is 40.0 Å². The first-order valence-electron chi connectivity index (χ1n) is 9.17. The zero-order chi connectivity index (χ0) is 20.8. The molecule has 148 valence electrons. The molecule has 3 N–H and O–H groups in total. The molecule has 0 saturated heterocycles. The number of pyridine rings is 1. The molecule has 1 heterocycles. The molecule has 0 aliphatic rings. The minimum absolute atomic E-state index is 0.0374. The highest BCUT2D eigenvalue weighted by Gasteiger charge is 2.26. The summed E-state index contributed by atoms with van der Waals surface area (Å²) < 4.78 is 15.4. The average molecular weight is 403 g/mol. The van der Waals surface area contributed by atoms with Crippen molar-refractivity contribution in [2.75, 3.05) is 5.73 Å². The highest BCUT2D eigenvalue weighted by molar-refractivity contribution is 6.35. The van der Waals surface area contributed by atoms with Gasteiger partial charge in [0.15, 0.2) is 5.78 Å². The van der Waals surface area contributed by atoms with Gasteiger partial charge in [0, 0.05) is 29.4 Å². The van der Waals surface area contributed by atoms with Gasteiger partial charge in [-0.3, -0.25) is 4.79 Å². The van der Waals surface area contributed by atoms with E-state index in [1.165, 1.54) is 24.4 Å². The van der Waals surface area contributed by atoms with Gasteiger partial charge in [0.2, 0.25) is 0 Å². The number of rotatable bonds is 8. The lowest BCUT2D eigenvalue weighted by Gasteiger charge is -2.27. The zero-order valence-electron chi connectivity index (χ0n) is 16.2. The first-order chi connectivity index (χ1) is 13.3. The van der Waals surface area contributed by atoms with Crippen LogP contribution in [0, 0.1) is 23.1 Å². The fourth-order valence-electron chi connectivity index (χ4n) is 3.00. The van der Waals surface area contributed by atoms with Crippen molar-refractivity contribution >= 4 is 23.2 Å². The van der Waals surface area contributed by atoms with Crippen molar-refractivity contribution in [3.8, 4) is 6.07 Å². The van der Waals surface area contributed by atoms with Gasteiger partial charge in [-0.1, -0.05) is 38.4 Å². The second kappa shape index (κ2) is 9.63. The highest BCUT2D eigenvalue weighted by atomic mass is 35.5. The molecule has 0 fully saturated rings. The minimum Gasteiger partial charge on any atom is -0.384 e. The Labute approximate surface area is 169 Å². The lowest BCUT2D eigenvalue weighted by atomic mass is 9.94. The predicted octanol–water partition coefficient (Wildman–Crippen LogP) is 4.67. The van der Waals surface area contributed by atoms with Crippen molar-refractivity contribution in [2.24, 2.45) is 5.92 Å². The summed E-state index contributed by atoms with van der Waals surface area (Å²) in [5.41, 5.74) is 5.92. The lowest BCUT2D eigenvalue weighted by Crippen LogP contribution is -2.37. The molecule has 0 bridgehead atoms. The van der Waals surface area contributed by atoms with Crippen LogP contribution in [0.25, 0.3) is 0 Å². The van der Waals surface area contributed by atoms with E-state index in [1.807, 2.05) is 20.8 Å². The summed E-state index contributed by atoms with van der Waals surface area (Å²) in [6, 6.07) is 7.80. The topological polar surface area (TPSA) is 91.8 Å². The van der Waals surface area contributed by atoms with Crippen LogP contribution in [0.1, 0.15) is 61.1 Å². The number of ketones is 1. The Morgan fingerprint density at radius 3 is 2.61 bits per heavy atom. The van der Waals surface area contributed by atoms with Crippen molar-refractivity contribution < 1.29 is 9.18 Å². The highest BCUT2D eigenvalue weighted by Crippen LogP contribution is 2.30. The van der Waals surface area contributed by atoms with Gasteiger partial charge < -0.3 is 11.1 Å². The normalized spacial score (nSPS) is 13.2. The Kier molecular flexibility index (Phi) is 7.50. The summed E-state index contributed by atoms with van der Waals surface area (Å²) in [5, 5.41) is 12.4. The summed E-state index contributed by atoms with van der Waals surface area (Å²) in [6.45, 7) is 5.92. The van der Waals surface area contributed by atoms with Crippen molar-refractivity contribution in [3.05, 3.63) is 58.0 Å². The van der Waals surface area contributed by atoms with Gasteiger partial charge in [0.1, 0.15) is 11.6 Å². The number of nitriles is 1. The van der Waals surface area contributed by atoms with Gasteiger partial charge in [-0.25, -0.2) is 9.37 Å². The number of carbonyl (C=O) groups excluding carboxylic acids is 1. The van der Waals surface area contributed by atoms with E-state index >= 15 is 4.39 Å². The summed E-state index contributed by atoms with van der Waals surface area (Å²) >= 11 is 6.16. The molecule has 2 aromatic rings. The number of benzene rings is 1. The summed E-state index contributed by atoms with van der Waals surface area (Å²) in [6.07, 6.45) is 2.20. The molecule has 0 radical (unpaired) electrons. The van der Waals surface area contributed by atoms with Gasteiger partial charge in [0.05, 0.1) is 23.1 Å². The molecule has 0 saturated carbocycles. The fourth-order valence-corrected chi connectivity index (χ4v) is 3.23. The molecule has 2 rings (SSSR count). The molecular weight excluding hydrogens is 379 g/mol. The second-order valence-electron chi connectivity index (χ2n) is 6.97. The number of carbonyl (C=O) groups is 1. The van der Waals surface area contributed by atoms with E-state index in [0.29, 0.717) is 18.4 Å². The number of anilines is 1. The Bertz CT molecular complexity index is 877. The number of hydrogen-bond donors (Lipinski definition) is 2. The number of nitrogen functional groups attached to an aromatic ring is 1. The monoisotopic (exact) mass is 402 g/mol. The fraction of sp³-hybridized carbons (Fsp3) is 0.381. The third-order valence-electron chi connectivity index (χ3n) is 4.71. The van der Waals surface area contributed by atoms with E-state index in [4.69, 9.17) is 22.6 Å². The molecule has 1 unspecified atom stereocenters. The van der Waals surface area contributed by atoms with Gasteiger partial charge in [-0.15, -0.1) is 0 Å². The third-order valence-corrected chi connectivity index (χ3v) is 5.03. The van der Waals surface area contributed by atoms with Gasteiger partial charge >= 0.3 is 0 Å². The van der Waals surface area contributed by atoms with Crippen LogP contribution < -0.4 is 11.1 Å². The van der Waals surface area contributed by atoms with Crippen LogP contribution in [0.3, 0.4) is 0 Å². The molecule has 5 nitrogen and oxygen atoms in total. The number of nitrogens with zero attached hydrogens (tertiary/aromatic N) is 2. The quantitative estimate of drug-likeness (QED) is 0.626. The maximum absolute atomic E-state index is 15.4. The summed E-state index contributed by atoms with van der Waals surface area (Å²) in [4.78, 5) is 16.7. The van der Waals surface area contributed by atoms with Crippen LogP contribution in [0.2, 0.25) is 5.02 Å². The first-order valence-corrected chi connectivity index (χ1v) is 9.55. The molecule has 0 aliphatic heterocycles. The van der Waals surface area contributed by atoms with Crippen LogP contribution in [0.5, 0.6) is 0 Å². The van der Waals surface area contributed by atoms with Crippen LogP contribution >= 0.6 is 11.6 Å². The first kappa shape index (κ1) is 21.8. The van der Waals surface area contributed by atoms with Crippen molar-refractivity contribution in [1.29, 1.82) is 5.26 Å². The molecule has 0 aliphatic carbocycles. The smallest absolute Gasteiger partial charge is 0.199 e. The number of nitrogens with two attached hydrogens (primary N) is 1. The van der Waals surface area contributed by atoms with E-state index in [1.54, 1.807) is 6.07 Å². The van der Waals surface area contributed by atoms with Crippen molar-refractivity contribution in [1.82, 2.24) is 10.3 Å². The third kappa shape index (κ3) is 4.86. The Morgan fingerprint density at radius 2 is 2.07 bits per heavy atom. The van der Waals surface area contributed by atoms with E-state index in [9.17, 15) is 4.79 Å². The summed E-state index contributed by atoms with van der Waals surface area (Å²) in [5.74, 6) is -0.743. The average Bonchev–Trinajstić information content (AvgIpc) is 2.66. The van der Waals surface area contributed by atoms with E-state index in [0.717, 1.165) is 0 Å². The molecule has 28 heavy (non-hydrogen) atoms. The van der Waals surface area contributed by atoms with Gasteiger partial charge in [-0.05, 0) is 30.5 Å². The Hall–Kier alpha value is -2.49. The molecule has 1 aromatic carbocycles. The minimum atomic E-state index is -0.659. The van der Waals surface area contributed by atoms with E-state index < -0.39 is 11.6 Å². The second-order valence-corrected chi connectivity index (χ2v) is 7.37. The van der Waals surface area contributed by atoms with Crippen molar-refractivity contribution in [2.45, 2.75) is 45.7 Å². The SMILES string of the molecule is CC[C@@H](NC(CC#N)C(C)C)c1ccc(Cl)c(C(=O)c2ccc(N)nc2)c1F. The maximum Gasteiger partial charge on any atom is 0.199 e. The van der Waals surface area contributed by atoms with Crippen LogP contribution in [0.4, 0.5) is 10.2 Å². The number of nitrogens with one attached hydrogen (secondary N) is 1. The maximum atomic E-state index is 15.4. The largest absolute Gasteiger partial charge is 0.384 e. The van der Waals surface area contributed by atoms with Crippen LogP contribution in [-0.2, 0) is 0 Å². The van der Waals surface area contributed by atoms with E-state index in [2.05, 4.69) is 16.4 Å². The lowest BCUT2D eigenvalue weighted by molar-refractivity contribution is 0.103. The summed E-state index contributed by atoms with van der Waals surface area (Å²) in [7, 11) is 0. The number of halogens is 2. The van der Waals surface area contributed by atoms with Gasteiger partial charge in [-0.2, -0.15) is 5.26 Å². The standard InChI is InChI=1S/C21H24ClFN4O/c1-4-16(27-17(9-10-24)12(2)3)14-6-7-15(22)19(20(14)23)21(28)13-5-8-18(25)26-11-13/h5-8,11-12,16-17,27H,4,9H2,1-3H3,(H2,25,26)/t16-,17?/m1/s1. The Balaban J connectivity index is 2.43. The zero-order valence-corrected chi connectivity index (χ0v) is 16.9. The molecular formula is C21H24ClFN4O. The Morgan fingerprint density at radius 1 is 1.36 bits per heavy atom. The molecule has 0 spiro atoms. The molecule has 0 amide bonds. The molecule has 7 heteroatoms. The van der Waals surface area contributed by atoms with Crippen LogP contribution in [0.15, 0.2) is 30.5 Å². The predicted molar refractivity (Wildman–Crippen MR) is 109 cm³/mol. The number of aromatic nitrogens is 1.